The van der Waals surface area contributed by atoms with E-state index in [9.17, 15) is 0 Å². The monoisotopic (exact) mass is 283 g/mol. The Balaban J connectivity index is 1.99. The van der Waals surface area contributed by atoms with Crippen LogP contribution >= 0.6 is 0 Å². The van der Waals surface area contributed by atoms with E-state index < -0.39 is 0 Å². The maximum atomic E-state index is 5.99. The fourth-order valence-electron chi connectivity index (χ4n) is 2.57. The lowest BCUT2D eigenvalue weighted by atomic mass is 10.1. The van der Waals surface area contributed by atoms with Crippen LogP contribution in [0.25, 0.3) is 0 Å². The zero-order valence-corrected chi connectivity index (χ0v) is 13.0. The summed E-state index contributed by atoms with van der Waals surface area (Å²) in [6.07, 6.45) is 0.0799. The zero-order valence-electron chi connectivity index (χ0n) is 13.0. The fraction of sp³-hybridized carbons (Fsp3) is 0.857. The van der Waals surface area contributed by atoms with E-state index in [1.54, 1.807) is 7.11 Å². The van der Waals surface area contributed by atoms with E-state index in [0.717, 1.165) is 18.9 Å². The van der Waals surface area contributed by atoms with Crippen molar-refractivity contribution in [2.75, 3.05) is 26.8 Å². The molecule has 1 saturated heterocycles. The molecule has 1 aliphatic heterocycles. The van der Waals surface area contributed by atoms with Crippen LogP contribution in [0.3, 0.4) is 0 Å². The Hall–Kier alpha value is -0.980. The van der Waals surface area contributed by atoms with Crippen LogP contribution in [0.2, 0.25) is 0 Å². The van der Waals surface area contributed by atoms with Crippen molar-refractivity contribution in [3.05, 3.63) is 11.7 Å². The number of morpholine rings is 1. The van der Waals surface area contributed by atoms with Gasteiger partial charge in [0.05, 0.1) is 24.9 Å². The summed E-state index contributed by atoms with van der Waals surface area (Å²) in [6, 6.07) is 0. The van der Waals surface area contributed by atoms with Crippen molar-refractivity contribution in [3.8, 4) is 0 Å². The van der Waals surface area contributed by atoms with Crippen molar-refractivity contribution in [2.24, 2.45) is 0 Å². The second kappa shape index (κ2) is 6.20. The third kappa shape index (κ3) is 4.01. The van der Waals surface area contributed by atoms with Gasteiger partial charge in [-0.25, -0.2) is 0 Å². The van der Waals surface area contributed by atoms with Gasteiger partial charge in [-0.2, -0.15) is 4.98 Å². The Kier molecular flexibility index (Phi) is 4.78. The van der Waals surface area contributed by atoms with Gasteiger partial charge in [0.25, 0.3) is 0 Å². The number of nitrogens with zero attached hydrogens (tertiary/aromatic N) is 3. The normalized spacial score (nSPS) is 23.4. The number of ether oxygens (including phenoxy) is 2. The Morgan fingerprint density at radius 2 is 2.20 bits per heavy atom. The SMILES string of the molecule is COC[C@H]1CN(Cc2nc(C(C)C)no2)CC(C)(C)O1. The molecule has 0 aromatic carbocycles. The minimum atomic E-state index is -0.192. The quantitative estimate of drug-likeness (QED) is 0.821. The van der Waals surface area contributed by atoms with E-state index in [2.05, 4.69) is 42.7 Å². The highest BCUT2D eigenvalue weighted by Crippen LogP contribution is 2.22. The minimum absolute atomic E-state index is 0.0799. The first-order chi connectivity index (χ1) is 9.39. The summed E-state index contributed by atoms with van der Waals surface area (Å²) >= 11 is 0. The molecule has 0 unspecified atom stereocenters. The second-order valence-electron chi connectivity index (χ2n) is 6.33. The smallest absolute Gasteiger partial charge is 0.240 e. The first-order valence-electron chi connectivity index (χ1n) is 7.11. The Bertz CT molecular complexity index is 431. The molecule has 0 radical (unpaired) electrons. The number of hydrogen-bond donors (Lipinski definition) is 0. The predicted octanol–water partition coefficient (Wildman–Crippen LogP) is 1.82. The molecule has 2 rings (SSSR count). The van der Waals surface area contributed by atoms with Crippen LogP contribution in [0.1, 0.15) is 45.3 Å². The molecule has 114 valence electrons. The van der Waals surface area contributed by atoms with Crippen LogP contribution in [0, 0.1) is 0 Å². The van der Waals surface area contributed by atoms with E-state index in [4.69, 9.17) is 14.0 Å². The van der Waals surface area contributed by atoms with Gasteiger partial charge in [0, 0.05) is 26.1 Å². The van der Waals surface area contributed by atoms with Gasteiger partial charge in [-0.3, -0.25) is 4.90 Å². The van der Waals surface area contributed by atoms with Crippen molar-refractivity contribution >= 4 is 0 Å². The highest BCUT2D eigenvalue weighted by molar-refractivity contribution is 4.93. The molecule has 1 aliphatic rings. The molecule has 1 fully saturated rings. The Morgan fingerprint density at radius 1 is 1.45 bits per heavy atom. The highest BCUT2D eigenvalue weighted by atomic mass is 16.5. The Labute approximate surface area is 120 Å². The third-order valence-corrected chi connectivity index (χ3v) is 3.26. The van der Waals surface area contributed by atoms with Gasteiger partial charge < -0.3 is 14.0 Å². The molecule has 0 saturated carbocycles. The van der Waals surface area contributed by atoms with Gasteiger partial charge in [-0.15, -0.1) is 0 Å². The van der Waals surface area contributed by atoms with Crippen molar-refractivity contribution in [3.63, 3.8) is 0 Å². The molecule has 0 bridgehead atoms. The van der Waals surface area contributed by atoms with Gasteiger partial charge in [0.1, 0.15) is 0 Å². The van der Waals surface area contributed by atoms with Crippen molar-refractivity contribution < 1.29 is 14.0 Å². The average molecular weight is 283 g/mol. The van der Waals surface area contributed by atoms with Crippen LogP contribution in [0.5, 0.6) is 0 Å². The minimum Gasteiger partial charge on any atom is -0.382 e. The summed E-state index contributed by atoms with van der Waals surface area (Å²) in [4.78, 5) is 6.71. The lowest BCUT2D eigenvalue weighted by molar-refractivity contribution is -0.155. The Morgan fingerprint density at radius 3 is 2.80 bits per heavy atom. The number of methoxy groups -OCH3 is 1. The average Bonchev–Trinajstić information content (AvgIpc) is 2.75. The van der Waals surface area contributed by atoms with Gasteiger partial charge in [0.2, 0.25) is 5.89 Å². The molecule has 0 spiro atoms. The molecule has 0 amide bonds. The lowest BCUT2D eigenvalue weighted by Gasteiger charge is -2.42. The third-order valence-electron chi connectivity index (χ3n) is 3.26. The van der Waals surface area contributed by atoms with Gasteiger partial charge in [-0.1, -0.05) is 19.0 Å². The summed E-state index contributed by atoms with van der Waals surface area (Å²) in [5, 5.41) is 4.00. The fourth-order valence-corrected chi connectivity index (χ4v) is 2.57. The van der Waals surface area contributed by atoms with Crippen molar-refractivity contribution in [2.45, 2.75) is 51.9 Å². The van der Waals surface area contributed by atoms with Crippen LogP contribution in [0.15, 0.2) is 4.52 Å². The van der Waals surface area contributed by atoms with Crippen LogP contribution in [-0.2, 0) is 16.0 Å². The second-order valence-corrected chi connectivity index (χ2v) is 6.33. The summed E-state index contributed by atoms with van der Waals surface area (Å²) in [5.74, 6) is 1.72. The zero-order chi connectivity index (χ0) is 14.8. The van der Waals surface area contributed by atoms with Crippen molar-refractivity contribution in [1.82, 2.24) is 15.0 Å². The molecule has 2 heterocycles. The first kappa shape index (κ1) is 15.4. The lowest BCUT2D eigenvalue weighted by Crippen LogP contribution is -2.53. The molecule has 0 N–H and O–H groups in total. The number of aromatic nitrogens is 2. The summed E-state index contributed by atoms with van der Waals surface area (Å²) < 4.78 is 16.5. The van der Waals surface area contributed by atoms with E-state index in [1.165, 1.54) is 0 Å². The standard InChI is InChI=1S/C14H25N3O3/c1-10(2)13-15-12(20-16-13)7-17-6-11(8-18-5)19-14(3,4)9-17/h10-11H,6-9H2,1-5H3/t11-/m1/s1. The first-order valence-corrected chi connectivity index (χ1v) is 7.11. The van der Waals surface area contributed by atoms with E-state index in [-0.39, 0.29) is 17.6 Å². The van der Waals surface area contributed by atoms with Crippen LogP contribution < -0.4 is 0 Å². The largest absolute Gasteiger partial charge is 0.382 e. The summed E-state index contributed by atoms with van der Waals surface area (Å²) in [7, 11) is 1.70. The van der Waals surface area contributed by atoms with Crippen LogP contribution in [0.4, 0.5) is 0 Å². The number of hydrogen-bond acceptors (Lipinski definition) is 6. The van der Waals surface area contributed by atoms with E-state index >= 15 is 0 Å². The highest BCUT2D eigenvalue weighted by Gasteiger charge is 2.34. The molecular weight excluding hydrogens is 258 g/mol. The van der Waals surface area contributed by atoms with Crippen LogP contribution in [-0.4, -0.2) is 53.6 Å². The molecule has 1 atom stereocenters. The molecule has 1 aromatic heterocycles. The predicted molar refractivity (Wildman–Crippen MR) is 74.5 cm³/mol. The van der Waals surface area contributed by atoms with Gasteiger partial charge in [0.15, 0.2) is 5.82 Å². The molecule has 6 nitrogen and oxygen atoms in total. The maximum Gasteiger partial charge on any atom is 0.240 e. The van der Waals surface area contributed by atoms with Crippen molar-refractivity contribution in [1.29, 1.82) is 0 Å². The van der Waals surface area contributed by atoms with E-state index in [1.807, 2.05) is 0 Å². The summed E-state index contributed by atoms with van der Waals surface area (Å²) in [5.41, 5.74) is -0.192. The topological polar surface area (TPSA) is 60.6 Å². The van der Waals surface area contributed by atoms with Gasteiger partial charge >= 0.3 is 0 Å². The molecular formula is C14H25N3O3. The molecule has 6 heteroatoms. The summed E-state index contributed by atoms with van der Waals surface area (Å²) in [6.45, 7) is 11.2. The number of rotatable bonds is 5. The molecule has 20 heavy (non-hydrogen) atoms. The van der Waals surface area contributed by atoms with Gasteiger partial charge in [-0.05, 0) is 13.8 Å². The van der Waals surface area contributed by atoms with E-state index in [0.29, 0.717) is 19.0 Å². The molecule has 1 aromatic rings. The maximum absolute atomic E-state index is 5.99. The molecule has 0 aliphatic carbocycles.